The van der Waals surface area contributed by atoms with E-state index in [1.165, 1.54) is 19.3 Å². The molecule has 1 saturated heterocycles. The maximum Gasteiger partial charge on any atom is 0.216 e. The van der Waals surface area contributed by atoms with Crippen LogP contribution >= 0.6 is 0 Å². The number of aliphatic hydroxyl groups is 2. The van der Waals surface area contributed by atoms with Crippen molar-refractivity contribution in [1.29, 1.82) is 0 Å². The van der Waals surface area contributed by atoms with Gasteiger partial charge in [-0.05, 0) is 63.6 Å². The Kier molecular flexibility index (Phi) is 27.1. The number of aliphatic hydroxyl groups excluding tert-OH is 2. The van der Waals surface area contributed by atoms with Gasteiger partial charge in [-0.3, -0.25) is 14.4 Å². The van der Waals surface area contributed by atoms with Crippen LogP contribution in [-0.4, -0.2) is 88.2 Å². The maximum atomic E-state index is 11.4. The predicted octanol–water partition coefficient (Wildman–Crippen LogP) is 4.58. The summed E-state index contributed by atoms with van der Waals surface area (Å²) in [6.45, 7) is 8.21. The Balaban J connectivity index is -0.000000499. The molecule has 0 radical (unpaired) electrons. The van der Waals surface area contributed by atoms with Crippen LogP contribution < -0.4 is 0 Å². The molecule has 43 heavy (non-hydrogen) atoms. The second kappa shape index (κ2) is 26.4. The van der Waals surface area contributed by atoms with Gasteiger partial charge in [-0.2, -0.15) is 0 Å². The third-order valence-electron chi connectivity index (χ3n) is 5.36. The third kappa shape index (κ3) is 16.3. The molecule has 12 nitrogen and oxygen atoms in total. The fourth-order valence-electron chi connectivity index (χ4n) is 3.59. The number of aldehydes is 1. The molecule has 2 bridgehead atoms. The molecule has 3 unspecified atom stereocenters. The van der Waals surface area contributed by atoms with Crippen LogP contribution in [0.4, 0.5) is 0 Å². The number of ketones is 2. The number of Topliss-reactive ketones (excluding diaryl/α,β-unsaturated/α-hetero) is 1. The number of fused-ring (bicyclic) bond motifs is 2. The Morgan fingerprint density at radius 2 is 1.56 bits per heavy atom. The van der Waals surface area contributed by atoms with Crippen molar-refractivity contribution in [1.82, 2.24) is 0 Å². The van der Waals surface area contributed by atoms with Gasteiger partial charge in [-0.25, -0.2) is 0 Å². The summed E-state index contributed by atoms with van der Waals surface area (Å²) in [5.74, 6) is 1.19. The van der Waals surface area contributed by atoms with E-state index in [2.05, 4.69) is 11.0 Å². The highest BCUT2D eigenvalue weighted by Gasteiger charge is 2.54. The normalized spacial score (nSPS) is 18.4. The van der Waals surface area contributed by atoms with Crippen molar-refractivity contribution < 1.29 is 57.1 Å². The number of carbonyl (C=O) groups excluding carboxylic acids is 3. The van der Waals surface area contributed by atoms with Gasteiger partial charge in [0.15, 0.2) is 29.9 Å². The number of hydrogen-bond acceptors (Lipinski definition) is 12. The molecule has 2 aromatic heterocycles. The van der Waals surface area contributed by atoms with Gasteiger partial charge >= 0.3 is 0 Å². The molecule has 1 fully saturated rings. The van der Waals surface area contributed by atoms with E-state index in [0.717, 1.165) is 7.11 Å². The standard InChI is InChI=1S/C11H16O4.C7H10O3.C5H4O2.C4H6O.C2H6O.CH4O.CH4/c1-7(12)8-6-11(10(13-2)14-3)5-4-9(8)15-11;1-8-7(9-2)6-4-3-5-10-6;6-4-5-2-1-3-7-5;1-3-4(2)5;1-2-3;1-2;/h4-5,8-10H,6H2,1-3H3;3-5,7H,1-2H3;1-4H;3H,1H2,2H3;3H,2H2,1H3;2H,1H3;1H4. The number of ether oxygens (including phenoxy) is 5. The van der Waals surface area contributed by atoms with Gasteiger partial charge in [-0.15, -0.1) is 0 Å². The zero-order valence-electron chi connectivity index (χ0n) is 25.7. The summed E-state index contributed by atoms with van der Waals surface area (Å²) in [5.41, 5.74) is -0.565. The lowest BCUT2D eigenvalue weighted by Crippen LogP contribution is -2.42. The second-order valence-corrected chi connectivity index (χ2v) is 8.20. The van der Waals surface area contributed by atoms with Crippen molar-refractivity contribution in [3.8, 4) is 0 Å². The number of carbonyl (C=O) groups is 3. The van der Waals surface area contributed by atoms with Crippen LogP contribution in [-0.2, 0) is 33.3 Å². The van der Waals surface area contributed by atoms with Crippen LogP contribution in [0.2, 0.25) is 0 Å². The average molecular weight is 615 g/mol. The van der Waals surface area contributed by atoms with Gasteiger partial charge in [0.05, 0.1) is 24.5 Å². The minimum Gasteiger partial charge on any atom is -0.464 e. The van der Waals surface area contributed by atoms with Gasteiger partial charge in [0.1, 0.15) is 11.4 Å². The first-order chi connectivity index (χ1) is 20.1. The fourth-order valence-corrected chi connectivity index (χ4v) is 3.59. The molecule has 0 aromatic carbocycles. The molecule has 12 heteroatoms. The minimum atomic E-state index is -0.565. The van der Waals surface area contributed by atoms with Crippen molar-refractivity contribution >= 4 is 17.9 Å². The van der Waals surface area contributed by atoms with Crippen molar-refractivity contribution in [3.63, 3.8) is 0 Å². The Labute approximate surface area is 255 Å². The molecule has 4 rings (SSSR count). The molecule has 2 aliphatic heterocycles. The summed E-state index contributed by atoms with van der Waals surface area (Å²) in [7, 11) is 7.29. The molecule has 0 saturated carbocycles. The Morgan fingerprint density at radius 3 is 1.86 bits per heavy atom. The monoisotopic (exact) mass is 614 g/mol. The van der Waals surface area contributed by atoms with Crippen molar-refractivity contribution in [2.75, 3.05) is 42.2 Å². The molecule has 0 aliphatic carbocycles. The average Bonchev–Trinajstić information content (AvgIpc) is 3.82. The first-order valence-corrected chi connectivity index (χ1v) is 12.8. The Bertz CT molecular complexity index is 977. The van der Waals surface area contributed by atoms with Gasteiger partial charge < -0.3 is 42.7 Å². The highest BCUT2D eigenvalue weighted by molar-refractivity contribution is 5.86. The van der Waals surface area contributed by atoms with Crippen molar-refractivity contribution in [2.24, 2.45) is 5.92 Å². The van der Waals surface area contributed by atoms with E-state index in [1.807, 2.05) is 12.2 Å². The van der Waals surface area contributed by atoms with E-state index in [1.54, 1.807) is 72.8 Å². The van der Waals surface area contributed by atoms with E-state index in [4.69, 9.17) is 38.3 Å². The molecule has 246 valence electrons. The predicted molar refractivity (Wildman–Crippen MR) is 161 cm³/mol. The van der Waals surface area contributed by atoms with Gasteiger partial charge in [0.25, 0.3) is 0 Å². The van der Waals surface area contributed by atoms with Crippen LogP contribution in [0.3, 0.4) is 0 Å². The van der Waals surface area contributed by atoms with E-state index in [9.17, 15) is 14.4 Å². The molecule has 2 aromatic rings. The molecule has 0 spiro atoms. The lowest BCUT2D eigenvalue weighted by molar-refractivity contribution is -0.199. The summed E-state index contributed by atoms with van der Waals surface area (Å²) < 4.78 is 35.7. The summed E-state index contributed by atoms with van der Waals surface area (Å²) in [6.07, 6.45) is 8.60. The smallest absolute Gasteiger partial charge is 0.216 e. The quantitative estimate of drug-likeness (QED) is 0.175. The number of allylic oxidation sites excluding steroid dienone is 1. The molecule has 4 heterocycles. The second-order valence-electron chi connectivity index (χ2n) is 8.20. The topological polar surface area (TPSA) is 164 Å². The van der Waals surface area contributed by atoms with Crippen LogP contribution in [0.25, 0.3) is 0 Å². The lowest BCUT2D eigenvalue weighted by atomic mass is 9.84. The fraction of sp³-hybridized carbons (Fsp3) is 0.516. The Hall–Kier alpha value is -3.23. The molecule has 3 atom stereocenters. The van der Waals surface area contributed by atoms with Crippen LogP contribution in [0, 0.1) is 5.92 Å². The highest BCUT2D eigenvalue weighted by atomic mass is 16.7. The van der Waals surface area contributed by atoms with Crippen LogP contribution in [0.5, 0.6) is 0 Å². The van der Waals surface area contributed by atoms with Gasteiger partial charge in [0, 0.05) is 42.2 Å². The number of furan rings is 2. The number of methoxy groups -OCH3 is 4. The summed E-state index contributed by atoms with van der Waals surface area (Å²) in [5, 5.41) is 14.6. The molecular formula is C31H50O12. The molecule has 0 amide bonds. The molecule has 2 aliphatic rings. The largest absolute Gasteiger partial charge is 0.464 e. The van der Waals surface area contributed by atoms with Gasteiger partial charge in [0.2, 0.25) is 6.29 Å². The summed E-state index contributed by atoms with van der Waals surface area (Å²) in [4.78, 5) is 30.9. The van der Waals surface area contributed by atoms with E-state index in [-0.39, 0.29) is 43.9 Å². The number of hydrogen-bond donors (Lipinski definition) is 2. The van der Waals surface area contributed by atoms with Crippen molar-refractivity contribution in [2.45, 2.75) is 58.9 Å². The molecule has 2 N–H and O–H groups in total. The van der Waals surface area contributed by atoms with Crippen LogP contribution in [0.15, 0.2) is 70.4 Å². The summed E-state index contributed by atoms with van der Waals surface area (Å²) >= 11 is 0. The zero-order chi connectivity index (χ0) is 32.6. The van der Waals surface area contributed by atoms with Crippen LogP contribution in [0.1, 0.15) is 57.2 Å². The highest BCUT2D eigenvalue weighted by Crippen LogP contribution is 2.45. The first kappa shape index (κ1) is 44.2. The van der Waals surface area contributed by atoms with Gasteiger partial charge in [-0.1, -0.05) is 20.1 Å². The third-order valence-corrected chi connectivity index (χ3v) is 5.36. The van der Waals surface area contributed by atoms with E-state index < -0.39 is 11.9 Å². The minimum absolute atomic E-state index is 0. The SMILES string of the molecule is C.C=CC(C)=O.CCO.CO.COC(OC)C12C=CC(O1)C(C(C)=O)C2.COC(OC)c1ccco1.O=Cc1ccco1. The van der Waals surface area contributed by atoms with Crippen molar-refractivity contribution in [3.05, 3.63) is 73.1 Å². The lowest BCUT2D eigenvalue weighted by Gasteiger charge is -2.30. The Morgan fingerprint density at radius 1 is 1.05 bits per heavy atom. The maximum absolute atomic E-state index is 11.4. The molecular weight excluding hydrogens is 564 g/mol. The van der Waals surface area contributed by atoms with E-state index in [0.29, 0.717) is 24.2 Å². The number of rotatable bonds is 9. The van der Waals surface area contributed by atoms with E-state index >= 15 is 0 Å². The summed E-state index contributed by atoms with van der Waals surface area (Å²) in [6, 6.07) is 6.87. The zero-order valence-corrected chi connectivity index (χ0v) is 25.7. The first-order valence-electron chi connectivity index (χ1n) is 12.8.